The maximum atomic E-state index is 12.9. The summed E-state index contributed by atoms with van der Waals surface area (Å²) in [6, 6.07) is 12.0. The van der Waals surface area contributed by atoms with Crippen LogP contribution in [0.5, 0.6) is 5.75 Å². The molecule has 0 aliphatic carbocycles. The van der Waals surface area contributed by atoms with Crippen molar-refractivity contribution in [3.8, 4) is 29.4 Å². The van der Waals surface area contributed by atoms with E-state index in [1.165, 1.54) is 5.56 Å². The van der Waals surface area contributed by atoms with Gasteiger partial charge in [-0.25, -0.2) is 4.79 Å². The van der Waals surface area contributed by atoms with Gasteiger partial charge in [0.15, 0.2) is 0 Å². The average molecular weight is 401 g/mol. The molecule has 0 fully saturated rings. The molecule has 4 heteroatoms. The van der Waals surface area contributed by atoms with Crippen LogP contribution in [0.1, 0.15) is 50.8 Å². The van der Waals surface area contributed by atoms with Crippen LogP contribution < -0.4 is 10.4 Å². The first kappa shape index (κ1) is 21.4. The normalized spacial score (nSPS) is 11.1. The summed E-state index contributed by atoms with van der Waals surface area (Å²) >= 11 is 0. The van der Waals surface area contributed by atoms with Crippen molar-refractivity contribution in [1.82, 2.24) is 9.55 Å². The van der Waals surface area contributed by atoms with Crippen LogP contribution in [0, 0.1) is 12.3 Å². The first-order valence-electron chi connectivity index (χ1n) is 10.2. The van der Waals surface area contributed by atoms with Crippen LogP contribution in [0.15, 0.2) is 53.8 Å². The van der Waals surface area contributed by atoms with E-state index in [1.54, 1.807) is 4.57 Å². The Morgan fingerprint density at radius 2 is 1.87 bits per heavy atom. The van der Waals surface area contributed by atoms with Gasteiger partial charge in [0.05, 0.1) is 11.2 Å². The lowest BCUT2D eigenvalue weighted by Gasteiger charge is -2.20. The molecule has 0 atom stereocenters. The molecule has 154 valence electrons. The highest BCUT2D eigenvalue weighted by Crippen LogP contribution is 2.35. The van der Waals surface area contributed by atoms with Crippen LogP contribution in [-0.2, 0) is 6.42 Å². The van der Waals surface area contributed by atoms with Gasteiger partial charge in [-0.15, -0.1) is 13.0 Å². The smallest absolute Gasteiger partial charge is 0.348 e. The number of rotatable bonds is 7. The average Bonchev–Trinajstić information content (AvgIpc) is 2.72. The van der Waals surface area contributed by atoms with E-state index in [4.69, 9.17) is 11.2 Å². The summed E-state index contributed by atoms with van der Waals surface area (Å²) in [4.78, 5) is 17.5. The summed E-state index contributed by atoms with van der Waals surface area (Å²) in [7, 11) is 0. The molecule has 0 saturated heterocycles. The fourth-order valence-electron chi connectivity index (χ4n) is 3.73. The molecule has 0 spiro atoms. The fraction of sp³-hybridized carbons (Fsp3) is 0.308. The number of hydrogen-bond donors (Lipinski definition) is 0. The molecule has 4 nitrogen and oxygen atoms in total. The molecule has 0 radical (unpaired) electrons. The van der Waals surface area contributed by atoms with Crippen molar-refractivity contribution in [2.24, 2.45) is 0 Å². The number of terminal acetylenes is 1. The monoisotopic (exact) mass is 400 g/mol. The van der Waals surface area contributed by atoms with Gasteiger partial charge in [0.25, 0.3) is 0 Å². The molecule has 1 aromatic heterocycles. The van der Waals surface area contributed by atoms with E-state index in [2.05, 4.69) is 43.5 Å². The minimum atomic E-state index is -0.262. The van der Waals surface area contributed by atoms with Gasteiger partial charge in [-0.3, -0.25) is 4.57 Å². The predicted octanol–water partition coefficient (Wildman–Crippen LogP) is 5.51. The van der Waals surface area contributed by atoms with Crippen LogP contribution in [-0.4, -0.2) is 16.2 Å². The van der Waals surface area contributed by atoms with E-state index in [9.17, 15) is 4.79 Å². The number of aromatic nitrogens is 2. The molecule has 1 heterocycles. The second-order valence-corrected chi connectivity index (χ2v) is 7.91. The quantitative estimate of drug-likeness (QED) is 0.388. The zero-order valence-electron chi connectivity index (χ0n) is 18.1. The summed E-state index contributed by atoms with van der Waals surface area (Å²) < 4.78 is 7.54. The summed E-state index contributed by atoms with van der Waals surface area (Å²) in [6.45, 7) is 12.4. The van der Waals surface area contributed by atoms with Crippen LogP contribution in [0.3, 0.4) is 0 Å². The largest absolute Gasteiger partial charge is 0.481 e. The van der Waals surface area contributed by atoms with Crippen LogP contribution in [0.4, 0.5) is 0 Å². The molecule has 30 heavy (non-hydrogen) atoms. The zero-order chi connectivity index (χ0) is 21.8. The van der Waals surface area contributed by atoms with E-state index < -0.39 is 0 Å². The number of benzene rings is 2. The van der Waals surface area contributed by atoms with Gasteiger partial charge in [-0.1, -0.05) is 50.1 Å². The summed E-state index contributed by atoms with van der Waals surface area (Å²) in [5.41, 5.74) is 4.30. The van der Waals surface area contributed by atoms with Crippen molar-refractivity contribution in [2.45, 2.75) is 46.1 Å². The van der Waals surface area contributed by atoms with E-state index in [-0.39, 0.29) is 18.3 Å². The van der Waals surface area contributed by atoms with E-state index >= 15 is 0 Å². The van der Waals surface area contributed by atoms with Crippen molar-refractivity contribution >= 4 is 10.9 Å². The number of hydrogen-bond acceptors (Lipinski definition) is 3. The van der Waals surface area contributed by atoms with Gasteiger partial charge >= 0.3 is 5.69 Å². The van der Waals surface area contributed by atoms with Crippen molar-refractivity contribution < 1.29 is 4.74 Å². The highest BCUT2D eigenvalue weighted by atomic mass is 16.5. The van der Waals surface area contributed by atoms with Crippen molar-refractivity contribution in [3.63, 3.8) is 0 Å². The van der Waals surface area contributed by atoms with Crippen LogP contribution in [0.25, 0.3) is 22.2 Å². The summed E-state index contributed by atoms with van der Waals surface area (Å²) in [5, 5.41) is 0.898. The molecule has 0 unspecified atom stereocenters. The maximum Gasteiger partial charge on any atom is 0.348 e. The van der Waals surface area contributed by atoms with E-state index in [0.717, 1.165) is 22.0 Å². The Labute approximate surface area is 178 Å². The Morgan fingerprint density at radius 3 is 2.43 bits per heavy atom. The number of ether oxygens (including phenoxy) is 1. The Hall–Kier alpha value is -3.32. The number of fused-ring (bicyclic) bond motifs is 1. The van der Waals surface area contributed by atoms with Crippen LogP contribution >= 0.6 is 0 Å². The van der Waals surface area contributed by atoms with E-state index in [0.29, 0.717) is 23.8 Å². The van der Waals surface area contributed by atoms with Gasteiger partial charge in [0, 0.05) is 22.6 Å². The minimum absolute atomic E-state index is 0.0288. The van der Waals surface area contributed by atoms with Gasteiger partial charge in [-0.05, 0) is 43.9 Å². The third-order valence-electron chi connectivity index (χ3n) is 5.18. The van der Waals surface area contributed by atoms with Gasteiger partial charge in [0.1, 0.15) is 12.4 Å². The van der Waals surface area contributed by atoms with Gasteiger partial charge in [0.2, 0.25) is 0 Å². The Kier molecular flexibility index (Phi) is 6.42. The lowest BCUT2D eigenvalue weighted by atomic mass is 9.96. The molecule has 0 N–H and O–H groups in total. The molecule has 0 saturated carbocycles. The minimum Gasteiger partial charge on any atom is -0.481 e. The van der Waals surface area contributed by atoms with Crippen LogP contribution in [0.2, 0.25) is 0 Å². The molecular weight excluding hydrogens is 372 g/mol. The molecule has 0 amide bonds. The number of nitrogens with zero attached hydrogens (tertiary/aromatic N) is 2. The van der Waals surface area contributed by atoms with Crippen molar-refractivity contribution in [2.75, 3.05) is 6.61 Å². The van der Waals surface area contributed by atoms with E-state index in [1.807, 2.05) is 44.2 Å². The SMILES string of the molecule is C#CCOc1ccc2c(c(-c3ccc(C(C)C)cc3)nc(=O)n2C(C)C)c1CC=C. The Morgan fingerprint density at radius 1 is 1.17 bits per heavy atom. The summed E-state index contributed by atoms with van der Waals surface area (Å²) in [5.74, 6) is 3.64. The predicted molar refractivity (Wildman–Crippen MR) is 124 cm³/mol. The first-order chi connectivity index (χ1) is 14.4. The van der Waals surface area contributed by atoms with Crippen molar-refractivity contribution in [3.05, 3.63) is 70.7 Å². The van der Waals surface area contributed by atoms with Gasteiger partial charge < -0.3 is 4.74 Å². The van der Waals surface area contributed by atoms with Crippen molar-refractivity contribution in [1.29, 1.82) is 0 Å². The van der Waals surface area contributed by atoms with Gasteiger partial charge in [-0.2, -0.15) is 4.98 Å². The second-order valence-electron chi connectivity index (χ2n) is 7.91. The Bertz CT molecular complexity index is 1160. The highest BCUT2D eigenvalue weighted by molar-refractivity contribution is 5.96. The topological polar surface area (TPSA) is 44.1 Å². The zero-order valence-corrected chi connectivity index (χ0v) is 18.1. The molecule has 3 rings (SSSR count). The molecular formula is C26H28N2O2. The molecule has 0 aliphatic rings. The third-order valence-corrected chi connectivity index (χ3v) is 5.18. The lowest BCUT2D eigenvalue weighted by Crippen LogP contribution is -2.26. The third kappa shape index (κ3) is 4.02. The first-order valence-corrected chi connectivity index (χ1v) is 10.2. The fourth-order valence-corrected chi connectivity index (χ4v) is 3.73. The summed E-state index contributed by atoms with van der Waals surface area (Å²) in [6.07, 6.45) is 7.81. The maximum absolute atomic E-state index is 12.9. The lowest BCUT2D eigenvalue weighted by molar-refractivity contribution is 0.367. The Balaban J connectivity index is 2.40. The standard InChI is InChI=1S/C26H28N2O2/c1-7-9-21-23(30-16-8-2)15-14-22-24(21)25(27-26(29)28(22)18(5)6)20-12-10-19(11-13-20)17(3)4/h2,7,10-15,17-18H,1,9,16H2,3-6H3. The molecule has 0 aliphatic heterocycles. The molecule has 2 aromatic carbocycles. The molecule has 3 aromatic rings. The molecule has 0 bridgehead atoms. The highest BCUT2D eigenvalue weighted by Gasteiger charge is 2.19. The second kappa shape index (κ2) is 9.00. The number of allylic oxidation sites excluding steroid dienone is 1.